The van der Waals surface area contributed by atoms with Crippen molar-refractivity contribution in [1.82, 2.24) is 0 Å². The van der Waals surface area contributed by atoms with E-state index in [9.17, 15) is 0 Å². The lowest BCUT2D eigenvalue weighted by Gasteiger charge is -2.10. The molecule has 0 unspecified atom stereocenters. The molecule has 4 aromatic rings. The average Bonchev–Trinajstić information content (AvgIpc) is 2.73. The van der Waals surface area contributed by atoms with Crippen LogP contribution in [0.1, 0.15) is 22.3 Å². The molecule has 158 valence electrons. The van der Waals surface area contributed by atoms with Crippen LogP contribution >= 0.6 is 0 Å². The summed E-state index contributed by atoms with van der Waals surface area (Å²) in [5.74, 6) is 0. The molecular formula is C27H30N4. The molecule has 4 rings (SSSR count). The third kappa shape index (κ3) is 6.03. The van der Waals surface area contributed by atoms with E-state index in [-0.39, 0.29) is 0 Å². The summed E-state index contributed by atoms with van der Waals surface area (Å²) in [5, 5.41) is 0. The van der Waals surface area contributed by atoms with Crippen LogP contribution < -0.4 is 22.9 Å². The molecule has 0 heterocycles. The van der Waals surface area contributed by atoms with Crippen LogP contribution in [0.5, 0.6) is 0 Å². The van der Waals surface area contributed by atoms with E-state index < -0.39 is 0 Å². The van der Waals surface area contributed by atoms with E-state index in [0.29, 0.717) is 0 Å². The first-order valence-electron chi connectivity index (χ1n) is 10.2. The second-order valence-corrected chi connectivity index (χ2v) is 7.81. The van der Waals surface area contributed by atoms with Gasteiger partial charge in [0.2, 0.25) is 0 Å². The molecule has 0 saturated heterocycles. The lowest BCUT2D eigenvalue weighted by atomic mass is 9.96. The van der Waals surface area contributed by atoms with E-state index in [1.165, 1.54) is 33.4 Å². The fourth-order valence-corrected chi connectivity index (χ4v) is 3.48. The monoisotopic (exact) mass is 410 g/mol. The van der Waals surface area contributed by atoms with Crippen molar-refractivity contribution in [2.24, 2.45) is 0 Å². The SMILES string of the molecule is Cc1cc(N)ccc1-c1ccc(N)cc1C.Nc1ccc(Cc2ccc(N)cc2)cc1. The van der Waals surface area contributed by atoms with Crippen LogP contribution in [-0.4, -0.2) is 0 Å². The maximum atomic E-state index is 5.75. The summed E-state index contributed by atoms with van der Waals surface area (Å²) in [6, 6.07) is 27.8. The molecule has 0 saturated carbocycles. The Bertz CT molecular complexity index is 1050. The van der Waals surface area contributed by atoms with Crippen LogP contribution in [0.3, 0.4) is 0 Å². The molecule has 0 aliphatic heterocycles. The number of anilines is 4. The Balaban J connectivity index is 0.000000176. The molecule has 0 aromatic heterocycles. The summed E-state index contributed by atoms with van der Waals surface area (Å²) in [6.07, 6.45) is 0.917. The number of hydrogen-bond acceptors (Lipinski definition) is 4. The maximum absolute atomic E-state index is 5.75. The van der Waals surface area contributed by atoms with Gasteiger partial charge in [0, 0.05) is 22.7 Å². The van der Waals surface area contributed by atoms with Crippen LogP contribution in [0, 0.1) is 13.8 Å². The first-order valence-corrected chi connectivity index (χ1v) is 10.2. The van der Waals surface area contributed by atoms with Gasteiger partial charge in [-0.2, -0.15) is 0 Å². The van der Waals surface area contributed by atoms with Crippen LogP contribution in [-0.2, 0) is 6.42 Å². The Morgan fingerprint density at radius 1 is 0.452 bits per heavy atom. The van der Waals surface area contributed by atoms with Crippen LogP contribution in [0.2, 0.25) is 0 Å². The number of nitrogens with two attached hydrogens (primary N) is 4. The molecule has 0 amide bonds. The van der Waals surface area contributed by atoms with Crippen LogP contribution in [0.25, 0.3) is 11.1 Å². The van der Waals surface area contributed by atoms with Crippen molar-refractivity contribution in [2.45, 2.75) is 20.3 Å². The summed E-state index contributed by atoms with van der Waals surface area (Å²) in [4.78, 5) is 0. The van der Waals surface area contributed by atoms with Crippen molar-refractivity contribution < 1.29 is 0 Å². The minimum atomic E-state index is 0.800. The number of rotatable bonds is 3. The normalized spacial score (nSPS) is 10.3. The van der Waals surface area contributed by atoms with Gasteiger partial charge in [0.15, 0.2) is 0 Å². The predicted octanol–water partition coefficient (Wildman–Crippen LogP) is 5.58. The second-order valence-electron chi connectivity index (χ2n) is 7.81. The van der Waals surface area contributed by atoms with E-state index in [2.05, 4.69) is 26.0 Å². The summed E-state index contributed by atoms with van der Waals surface area (Å²) in [5.41, 5.74) is 33.3. The number of benzene rings is 4. The molecule has 4 heteroatoms. The quantitative estimate of drug-likeness (QED) is 0.331. The molecule has 0 atom stereocenters. The highest BCUT2D eigenvalue weighted by Gasteiger charge is 2.05. The van der Waals surface area contributed by atoms with E-state index in [1.807, 2.05) is 72.8 Å². The zero-order valence-electron chi connectivity index (χ0n) is 18.1. The zero-order valence-corrected chi connectivity index (χ0v) is 18.1. The zero-order chi connectivity index (χ0) is 22.4. The van der Waals surface area contributed by atoms with Crippen molar-refractivity contribution in [3.8, 4) is 11.1 Å². The van der Waals surface area contributed by atoms with Gasteiger partial charge >= 0.3 is 0 Å². The number of aryl methyl sites for hydroxylation is 2. The van der Waals surface area contributed by atoms with Gasteiger partial charge in [-0.1, -0.05) is 36.4 Å². The molecule has 4 aromatic carbocycles. The number of nitrogen functional groups attached to an aromatic ring is 4. The van der Waals surface area contributed by atoms with E-state index >= 15 is 0 Å². The third-order valence-corrected chi connectivity index (χ3v) is 5.16. The van der Waals surface area contributed by atoms with Gasteiger partial charge in [-0.25, -0.2) is 0 Å². The van der Waals surface area contributed by atoms with Crippen molar-refractivity contribution in [2.75, 3.05) is 22.9 Å². The molecular weight excluding hydrogens is 380 g/mol. The van der Waals surface area contributed by atoms with Crippen molar-refractivity contribution in [3.63, 3.8) is 0 Å². The topological polar surface area (TPSA) is 104 Å². The maximum Gasteiger partial charge on any atom is 0.0317 e. The minimum Gasteiger partial charge on any atom is -0.399 e. The average molecular weight is 411 g/mol. The van der Waals surface area contributed by atoms with Crippen molar-refractivity contribution in [1.29, 1.82) is 0 Å². The van der Waals surface area contributed by atoms with Crippen molar-refractivity contribution >= 4 is 22.7 Å². The smallest absolute Gasteiger partial charge is 0.0317 e. The number of hydrogen-bond donors (Lipinski definition) is 4. The summed E-state index contributed by atoms with van der Waals surface area (Å²) in [7, 11) is 0. The highest BCUT2D eigenvalue weighted by atomic mass is 14.5. The summed E-state index contributed by atoms with van der Waals surface area (Å²) in [6.45, 7) is 4.14. The van der Waals surface area contributed by atoms with Gasteiger partial charge in [-0.05, 0) is 102 Å². The first kappa shape index (κ1) is 21.8. The van der Waals surface area contributed by atoms with Crippen LogP contribution in [0.15, 0.2) is 84.9 Å². The summed E-state index contributed by atoms with van der Waals surface area (Å²) < 4.78 is 0. The lowest BCUT2D eigenvalue weighted by molar-refractivity contribution is 1.19. The molecule has 0 fully saturated rings. The predicted molar refractivity (Wildman–Crippen MR) is 135 cm³/mol. The third-order valence-electron chi connectivity index (χ3n) is 5.16. The minimum absolute atomic E-state index is 0.800. The Morgan fingerprint density at radius 3 is 1.10 bits per heavy atom. The largest absolute Gasteiger partial charge is 0.399 e. The van der Waals surface area contributed by atoms with Gasteiger partial charge in [-0.15, -0.1) is 0 Å². The first-order chi connectivity index (χ1) is 14.8. The molecule has 0 aliphatic carbocycles. The Morgan fingerprint density at radius 2 is 0.774 bits per heavy atom. The van der Waals surface area contributed by atoms with Gasteiger partial charge in [-0.3, -0.25) is 0 Å². The Kier molecular flexibility index (Phi) is 6.83. The van der Waals surface area contributed by atoms with Crippen LogP contribution in [0.4, 0.5) is 22.7 Å². The fraction of sp³-hybridized carbons (Fsp3) is 0.111. The summed E-state index contributed by atoms with van der Waals surface area (Å²) >= 11 is 0. The van der Waals surface area contributed by atoms with E-state index in [1.54, 1.807) is 0 Å². The van der Waals surface area contributed by atoms with Gasteiger partial charge in [0.05, 0.1) is 0 Å². The lowest BCUT2D eigenvalue weighted by Crippen LogP contribution is -1.92. The highest BCUT2D eigenvalue weighted by Crippen LogP contribution is 2.29. The van der Waals surface area contributed by atoms with Gasteiger partial charge < -0.3 is 22.9 Å². The van der Waals surface area contributed by atoms with Crippen molar-refractivity contribution in [3.05, 3.63) is 107 Å². The second kappa shape index (κ2) is 9.72. The molecule has 0 radical (unpaired) electrons. The molecule has 0 spiro atoms. The molecule has 31 heavy (non-hydrogen) atoms. The van der Waals surface area contributed by atoms with E-state index in [4.69, 9.17) is 22.9 Å². The molecule has 8 N–H and O–H groups in total. The van der Waals surface area contributed by atoms with E-state index in [0.717, 1.165) is 29.2 Å². The molecule has 4 nitrogen and oxygen atoms in total. The fourth-order valence-electron chi connectivity index (χ4n) is 3.48. The highest BCUT2D eigenvalue weighted by molar-refractivity contribution is 5.73. The van der Waals surface area contributed by atoms with Gasteiger partial charge in [0.25, 0.3) is 0 Å². The standard InChI is InChI=1S/C14H16N2.C13H14N2/c1-9-7-11(15)3-5-13(9)14-6-4-12(16)8-10(14)2;14-12-5-1-10(2-6-12)9-11-3-7-13(15)8-4-11/h3-8H,15-16H2,1-2H3;1-8H,9,14-15H2. The van der Waals surface area contributed by atoms with Gasteiger partial charge in [0.1, 0.15) is 0 Å². The Hall–Kier alpha value is -3.92. The molecule has 0 bridgehead atoms. The Labute approximate surface area is 184 Å². The molecule has 0 aliphatic rings.